The Labute approximate surface area is 126 Å². The van der Waals surface area contributed by atoms with Crippen LogP contribution in [-0.4, -0.2) is 25.3 Å². The monoisotopic (exact) mass is 291 g/mol. The molecule has 4 nitrogen and oxygen atoms in total. The van der Waals surface area contributed by atoms with Crippen LogP contribution >= 0.6 is 0 Å². The van der Waals surface area contributed by atoms with Gasteiger partial charge in [-0.1, -0.05) is 6.92 Å². The maximum absolute atomic E-state index is 11.9. The fourth-order valence-electron chi connectivity index (χ4n) is 2.09. The minimum atomic E-state index is -0.0611. The van der Waals surface area contributed by atoms with Gasteiger partial charge in [-0.15, -0.1) is 0 Å². The van der Waals surface area contributed by atoms with E-state index in [1.54, 1.807) is 38.3 Å². The average Bonchev–Trinajstić information content (AvgIpc) is 2.49. The highest BCUT2D eigenvalue weighted by Gasteiger charge is 2.07. The zero-order valence-corrected chi connectivity index (χ0v) is 13.1. The first-order valence-corrected chi connectivity index (χ1v) is 7.44. The number of hydrogen-bond acceptors (Lipinski definition) is 3. The van der Waals surface area contributed by atoms with E-state index in [-0.39, 0.29) is 11.7 Å². The van der Waals surface area contributed by atoms with Gasteiger partial charge in [0.2, 0.25) is 0 Å². The van der Waals surface area contributed by atoms with Crippen LogP contribution in [0.4, 0.5) is 0 Å². The maximum atomic E-state index is 11.9. The van der Waals surface area contributed by atoms with Gasteiger partial charge >= 0.3 is 0 Å². The largest absolute Gasteiger partial charge is 0.497 e. The molecule has 1 aromatic rings. The highest BCUT2D eigenvalue weighted by atomic mass is 16.5. The smallest absolute Gasteiger partial charge is 0.251 e. The lowest BCUT2D eigenvalue weighted by atomic mass is 9.99. The standard InChI is InChI=1S/C17H25NO3/c1-13(6-7-14(2)19)5-4-12-18-17(20)15-8-10-16(21-3)11-9-15/h8-11,13H,4-7,12H2,1-3H3,(H,18,20). The number of hydrogen-bond donors (Lipinski definition) is 1. The summed E-state index contributed by atoms with van der Waals surface area (Å²) >= 11 is 0. The van der Waals surface area contributed by atoms with Crippen molar-refractivity contribution in [3.05, 3.63) is 29.8 Å². The molecule has 116 valence electrons. The zero-order chi connectivity index (χ0) is 15.7. The van der Waals surface area contributed by atoms with E-state index in [1.165, 1.54) is 0 Å². The van der Waals surface area contributed by atoms with Crippen LogP contribution in [0.15, 0.2) is 24.3 Å². The molecule has 1 unspecified atom stereocenters. The van der Waals surface area contributed by atoms with Crippen molar-refractivity contribution in [3.8, 4) is 5.75 Å². The van der Waals surface area contributed by atoms with Crippen LogP contribution in [0.5, 0.6) is 5.75 Å². The summed E-state index contributed by atoms with van der Waals surface area (Å²) in [6, 6.07) is 7.06. The Morgan fingerprint density at radius 1 is 1.19 bits per heavy atom. The minimum absolute atomic E-state index is 0.0611. The van der Waals surface area contributed by atoms with Crippen LogP contribution in [0.1, 0.15) is 49.9 Å². The molecule has 0 radical (unpaired) electrons. The molecular weight excluding hydrogens is 266 g/mol. The number of carbonyl (C=O) groups excluding carboxylic acids is 2. The van der Waals surface area contributed by atoms with E-state index in [4.69, 9.17) is 4.74 Å². The van der Waals surface area contributed by atoms with Crippen molar-refractivity contribution in [2.24, 2.45) is 5.92 Å². The third-order valence-corrected chi connectivity index (χ3v) is 3.50. The lowest BCUT2D eigenvalue weighted by Gasteiger charge is -2.10. The summed E-state index contributed by atoms with van der Waals surface area (Å²) in [4.78, 5) is 22.8. The molecule has 0 heterocycles. The number of benzene rings is 1. The van der Waals surface area contributed by atoms with E-state index < -0.39 is 0 Å². The number of methoxy groups -OCH3 is 1. The van der Waals surface area contributed by atoms with E-state index in [1.807, 2.05) is 0 Å². The van der Waals surface area contributed by atoms with Crippen molar-refractivity contribution in [2.75, 3.05) is 13.7 Å². The second-order valence-corrected chi connectivity index (χ2v) is 5.47. The van der Waals surface area contributed by atoms with E-state index in [0.717, 1.165) is 25.0 Å². The van der Waals surface area contributed by atoms with Crippen molar-refractivity contribution >= 4 is 11.7 Å². The number of Topliss-reactive ketones (excluding diaryl/α,β-unsaturated/α-hetero) is 1. The zero-order valence-electron chi connectivity index (χ0n) is 13.1. The van der Waals surface area contributed by atoms with E-state index in [9.17, 15) is 9.59 Å². The third-order valence-electron chi connectivity index (χ3n) is 3.50. The van der Waals surface area contributed by atoms with E-state index >= 15 is 0 Å². The van der Waals surface area contributed by atoms with Crippen LogP contribution in [0.3, 0.4) is 0 Å². The minimum Gasteiger partial charge on any atom is -0.497 e. The fourth-order valence-corrected chi connectivity index (χ4v) is 2.09. The second-order valence-electron chi connectivity index (χ2n) is 5.47. The highest BCUT2D eigenvalue weighted by molar-refractivity contribution is 5.94. The number of ketones is 1. The van der Waals surface area contributed by atoms with Crippen LogP contribution in [0, 0.1) is 5.92 Å². The van der Waals surface area contributed by atoms with Crippen molar-refractivity contribution < 1.29 is 14.3 Å². The normalized spacial score (nSPS) is 11.8. The summed E-state index contributed by atoms with van der Waals surface area (Å²) in [6.45, 7) is 4.44. The van der Waals surface area contributed by atoms with Gasteiger partial charge in [-0.2, -0.15) is 0 Å². The summed E-state index contributed by atoms with van der Waals surface area (Å²) in [5.74, 6) is 1.45. The lowest BCUT2D eigenvalue weighted by molar-refractivity contribution is -0.117. The molecule has 0 spiro atoms. The second kappa shape index (κ2) is 9.16. The van der Waals surface area contributed by atoms with Crippen molar-refractivity contribution in [2.45, 2.75) is 39.5 Å². The number of carbonyl (C=O) groups is 2. The van der Waals surface area contributed by atoms with Gasteiger partial charge < -0.3 is 14.8 Å². The van der Waals surface area contributed by atoms with Gasteiger partial charge in [0, 0.05) is 18.5 Å². The molecule has 0 aliphatic heterocycles. The fraction of sp³-hybridized carbons (Fsp3) is 0.529. The molecule has 0 aliphatic carbocycles. The molecule has 1 aromatic carbocycles. The summed E-state index contributed by atoms with van der Waals surface area (Å²) in [5, 5.41) is 2.91. The molecule has 4 heteroatoms. The molecule has 1 N–H and O–H groups in total. The molecule has 0 saturated heterocycles. The number of rotatable bonds is 9. The first-order chi connectivity index (χ1) is 10.0. The summed E-state index contributed by atoms with van der Waals surface area (Å²) in [7, 11) is 1.60. The lowest BCUT2D eigenvalue weighted by Crippen LogP contribution is -2.24. The molecule has 1 atom stereocenters. The quantitative estimate of drug-likeness (QED) is 0.711. The first-order valence-electron chi connectivity index (χ1n) is 7.44. The molecule has 21 heavy (non-hydrogen) atoms. The predicted octanol–water partition coefficient (Wildman–Crippen LogP) is 3.21. The van der Waals surface area contributed by atoms with Gasteiger partial charge in [0.05, 0.1) is 7.11 Å². The van der Waals surface area contributed by atoms with Crippen molar-refractivity contribution in [3.63, 3.8) is 0 Å². The number of ether oxygens (including phenoxy) is 1. The number of nitrogens with one attached hydrogen (secondary N) is 1. The average molecular weight is 291 g/mol. The molecule has 1 amide bonds. The van der Waals surface area contributed by atoms with Gasteiger partial charge in [-0.3, -0.25) is 4.79 Å². The van der Waals surface area contributed by atoms with E-state index in [0.29, 0.717) is 24.4 Å². The SMILES string of the molecule is COc1ccc(C(=O)NCCCC(C)CCC(C)=O)cc1. The van der Waals surface area contributed by atoms with Gasteiger partial charge in [-0.25, -0.2) is 0 Å². The summed E-state index contributed by atoms with van der Waals surface area (Å²) in [5.41, 5.74) is 0.639. The van der Waals surface area contributed by atoms with Crippen molar-refractivity contribution in [1.29, 1.82) is 0 Å². The van der Waals surface area contributed by atoms with Gasteiger partial charge in [-0.05, 0) is 56.4 Å². The van der Waals surface area contributed by atoms with Gasteiger partial charge in [0.1, 0.15) is 11.5 Å². The van der Waals surface area contributed by atoms with Crippen LogP contribution < -0.4 is 10.1 Å². The molecule has 0 saturated carbocycles. The van der Waals surface area contributed by atoms with Gasteiger partial charge in [0.25, 0.3) is 5.91 Å². The Kier molecular flexibility index (Phi) is 7.51. The summed E-state index contributed by atoms with van der Waals surface area (Å²) in [6.07, 6.45) is 3.54. The molecule has 0 bridgehead atoms. The maximum Gasteiger partial charge on any atom is 0.251 e. The topological polar surface area (TPSA) is 55.4 Å². The Hall–Kier alpha value is -1.84. The Morgan fingerprint density at radius 2 is 1.86 bits per heavy atom. The number of amides is 1. The van der Waals surface area contributed by atoms with Crippen molar-refractivity contribution in [1.82, 2.24) is 5.32 Å². The Balaban J connectivity index is 2.22. The molecule has 1 rings (SSSR count). The first kappa shape index (κ1) is 17.2. The van der Waals surface area contributed by atoms with E-state index in [2.05, 4.69) is 12.2 Å². The Morgan fingerprint density at radius 3 is 2.43 bits per heavy atom. The molecule has 0 fully saturated rings. The molecular formula is C17H25NO3. The van der Waals surface area contributed by atoms with Crippen LogP contribution in [0.25, 0.3) is 0 Å². The van der Waals surface area contributed by atoms with Crippen LogP contribution in [0.2, 0.25) is 0 Å². The van der Waals surface area contributed by atoms with Crippen LogP contribution in [-0.2, 0) is 4.79 Å². The predicted molar refractivity (Wildman–Crippen MR) is 83.6 cm³/mol. The Bertz CT molecular complexity index is 454. The molecule has 0 aromatic heterocycles. The van der Waals surface area contributed by atoms with Gasteiger partial charge in [0.15, 0.2) is 0 Å². The summed E-state index contributed by atoms with van der Waals surface area (Å²) < 4.78 is 5.06. The molecule has 0 aliphatic rings. The highest BCUT2D eigenvalue weighted by Crippen LogP contribution is 2.13. The third kappa shape index (κ3) is 6.93.